The van der Waals surface area contributed by atoms with Gasteiger partial charge in [0.2, 0.25) is 0 Å². The van der Waals surface area contributed by atoms with E-state index in [0.29, 0.717) is 12.0 Å². The number of rotatable bonds is 5. The first kappa shape index (κ1) is 19.5. The Kier molecular flexibility index (Phi) is 6.91. The number of likely N-dealkylation sites (N-methyl/N-ethyl adjacent to an activating group) is 1. The zero-order valence-corrected chi connectivity index (χ0v) is 17.6. The number of guanidine groups is 1. The molecule has 1 saturated heterocycles. The van der Waals surface area contributed by atoms with Gasteiger partial charge >= 0.3 is 0 Å². The van der Waals surface area contributed by atoms with Gasteiger partial charge in [-0.1, -0.05) is 0 Å². The Morgan fingerprint density at radius 1 is 1.46 bits per heavy atom. The van der Waals surface area contributed by atoms with E-state index < -0.39 is 0 Å². The minimum absolute atomic E-state index is 0. The molecule has 1 aliphatic heterocycles. The van der Waals surface area contributed by atoms with Crippen molar-refractivity contribution >= 4 is 29.9 Å². The Hall–Kier alpha value is -0.830. The standard InChI is InChI=1S/C17H30N6.HI/c1-13(22(4)16-5-6-16)9-19-17(18-2)23-8-7-14(12-23)15-10-20-21(3)11-15;/h10-11,13-14,16H,5-9,12H2,1-4H3,(H,18,19);1H. The lowest BCUT2D eigenvalue weighted by atomic mass is 10.0. The highest BCUT2D eigenvalue weighted by Crippen LogP contribution is 2.27. The summed E-state index contributed by atoms with van der Waals surface area (Å²) in [5.41, 5.74) is 1.34. The maximum Gasteiger partial charge on any atom is 0.193 e. The molecule has 1 aromatic rings. The van der Waals surface area contributed by atoms with Gasteiger partial charge in [0.05, 0.1) is 6.20 Å². The lowest BCUT2D eigenvalue weighted by Gasteiger charge is -2.28. The van der Waals surface area contributed by atoms with Crippen LogP contribution in [-0.2, 0) is 7.05 Å². The third-order valence-electron chi connectivity index (χ3n) is 5.27. The van der Waals surface area contributed by atoms with Crippen LogP contribution in [0.4, 0.5) is 0 Å². The van der Waals surface area contributed by atoms with Crippen molar-refractivity contribution in [3.8, 4) is 0 Å². The van der Waals surface area contributed by atoms with Gasteiger partial charge in [-0.05, 0) is 38.8 Å². The highest BCUT2D eigenvalue weighted by Gasteiger charge is 2.30. The molecule has 1 aliphatic carbocycles. The van der Waals surface area contributed by atoms with Gasteiger partial charge in [-0.2, -0.15) is 5.10 Å². The van der Waals surface area contributed by atoms with Crippen LogP contribution < -0.4 is 5.32 Å². The van der Waals surface area contributed by atoms with Crippen LogP contribution in [0.3, 0.4) is 0 Å². The van der Waals surface area contributed by atoms with Crippen LogP contribution in [0, 0.1) is 0 Å². The molecule has 7 heteroatoms. The van der Waals surface area contributed by atoms with Crippen LogP contribution in [0.5, 0.6) is 0 Å². The van der Waals surface area contributed by atoms with E-state index in [1.807, 2.05) is 25.0 Å². The van der Waals surface area contributed by atoms with Gasteiger partial charge in [-0.15, -0.1) is 24.0 Å². The number of aliphatic imine (C=N–C) groups is 1. The molecular formula is C17H31IN6. The first-order valence-electron chi connectivity index (χ1n) is 8.74. The van der Waals surface area contributed by atoms with E-state index in [9.17, 15) is 0 Å². The molecule has 2 fully saturated rings. The van der Waals surface area contributed by atoms with Crippen molar-refractivity contribution in [2.75, 3.05) is 33.7 Å². The van der Waals surface area contributed by atoms with E-state index in [2.05, 4.69) is 45.4 Å². The van der Waals surface area contributed by atoms with Gasteiger partial charge < -0.3 is 10.2 Å². The van der Waals surface area contributed by atoms with Gasteiger partial charge in [-0.25, -0.2) is 0 Å². The van der Waals surface area contributed by atoms with Crippen LogP contribution in [0.2, 0.25) is 0 Å². The third-order valence-corrected chi connectivity index (χ3v) is 5.27. The minimum atomic E-state index is 0. The van der Waals surface area contributed by atoms with E-state index in [0.717, 1.165) is 31.6 Å². The Labute approximate surface area is 162 Å². The zero-order valence-electron chi connectivity index (χ0n) is 15.3. The Balaban J connectivity index is 0.00000208. The van der Waals surface area contributed by atoms with Crippen molar-refractivity contribution < 1.29 is 0 Å². The maximum absolute atomic E-state index is 4.49. The molecule has 0 spiro atoms. The number of hydrogen-bond acceptors (Lipinski definition) is 3. The van der Waals surface area contributed by atoms with Gasteiger partial charge in [0, 0.05) is 57.9 Å². The molecule has 24 heavy (non-hydrogen) atoms. The molecule has 1 saturated carbocycles. The zero-order chi connectivity index (χ0) is 16.4. The van der Waals surface area contributed by atoms with Crippen LogP contribution >= 0.6 is 24.0 Å². The van der Waals surface area contributed by atoms with E-state index in [1.54, 1.807) is 0 Å². The largest absolute Gasteiger partial charge is 0.355 e. The fourth-order valence-electron chi connectivity index (χ4n) is 3.43. The van der Waals surface area contributed by atoms with Crippen LogP contribution in [-0.4, -0.2) is 71.4 Å². The fourth-order valence-corrected chi connectivity index (χ4v) is 3.43. The van der Waals surface area contributed by atoms with Gasteiger partial charge in [-0.3, -0.25) is 14.6 Å². The summed E-state index contributed by atoms with van der Waals surface area (Å²) in [6.07, 6.45) is 8.01. The van der Waals surface area contributed by atoms with Gasteiger partial charge in [0.1, 0.15) is 0 Å². The molecule has 2 atom stereocenters. The molecule has 2 unspecified atom stereocenters. The summed E-state index contributed by atoms with van der Waals surface area (Å²) >= 11 is 0. The van der Waals surface area contributed by atoms with E-state index in [-0.39, 0.29) is 24.0 Å². The highest BCUT2D eigenvalue weighted by atomic mass is 127. The van der Waals surface area contributed by atoms with Gasteiger partial charge in [0.15, 0.2) is 5.96 Å². The van der Waals surface area contributed by atoms with Crippen molar-refractivity contribution in [2.24, 2.45) is 12.0 Å². The summed E-state index contributed by atoms with van der Waals surface area (Å²) in [5.74, 6) is 1.60. The van der Waals surface area contributed by atoms with Crippen molar-refractivity contribution in [3.05, 3.63) is 18.0 Å². The van der Waals surface area contributed by atoms with E-state index >= 15 is 0 Å². The van der Waals surface area contributed by atoms with Crippen LogP contribution in [0.1, 0.15) is 37.7 Å². The van der Waals surface area contributed by atoms with Crippen molar-refractivity contribution in [2.45, 2.75) is 44.2 Å². The summed E-state index contributed by atoms with van der Waals surface area (Å²) < 4.78 is 1.89. The Morgan fingerprint density at radius 3 is 2.79 bits per heavy atom. The quantitative estimate of drug-likeness (QED) is 0.427. The summed E-state index contributed by atoms with van der Waals surface area (Å²) in [7, 11) is 6.10. The molecule has 0 radical (unpaired) electrons. The summed E-state index contributed by atoms with van der Waals surface area (Å²) in [6.45, 7) is 5.33. The second kappa shape index (κ2) is 8.51. The number of nitrogens with zero attached hydrogens (tertiary/aromatic N) is 5. The van der Waals surface area contributed by atoms with Crippen molar-refractivity contribution in [1.29, 1.82) is 0 Å². The average Bonchev–Trinajstić information content (AvgIpc) is 3.12. The Morgan fingerprint density at radius 2 is 2.21 bits per heavy atom. The Bertz CT molecular complexity index is 553. The summed E-state index contributed by atoms with van der Waals surface area (Å²) in [5, 5.41) is 7.86. The number of aromatic nitrogens is 2. The normalized spacial score (nSPS) is 22.6. The molecular weight excluding hydrogens is 415 g/mol. The van der Waals surface area contributed by atoms with Crippen molar-refractivity contribution in [1.82, 2.24) is 24.9 Å². The monoisotopic (exact) mass is 446 g/mol. The molecule has 1 N–H and O–H groups in total. The summed E-state index contributed by atoms with van der Waals surface area (Å²) in [4.78, 5) is 9.35. The number of hydrogen-bond donors (Lipinski definition) is 1. The molecule has 0 aromatic carbocycles. The topological polar surface area (TPSA) is 48.7 Å². The number of halogens is 1. The third kappa shape index (κ3) is 4.62. The number of likely N-dealkylation sites (tertiary alicyclic amines) is 1. The molecule has 3 rings (SSSR count). The highest BCUT2D eigenvalue weighted by molar-refractivity contribution is 14.0. The van der Waals surface area contributed by atoms with E-state index in [4.69, 9.17) is 0 Å². The number of aryl methyl sites for hydroxylation is 1. The van der Waals surface area contributed by atoms with Crippen LogP contribution in [0.25, 0.3) is 0 Å². The average molecular weight is 446 g/mol. The first-order valence-corrected chi connectivity index (χ1v) is 8.74. The lowest BCUT2D eigenvalue weighted by molar-refractivity contribution is 0.246. The first-order chi connectivity index (χ1) is 11.1. The summed E-state index contributed by atoms with van der Waals surface area (Å²) in [6, 6.07) is 1.34. The maximum atomic E-state index is 4.49. The smallest absolute Gasteiger partial charge is 0.193 e. The molecule has 1 aromatic heterocycles. The molecule has 6 nitrogen and oxygen atoms in total. The number of nitrogens with one attached hydrogen (secondary N) is 1. The SMILES string of the molecule is CN=C(NCC(C)N(C)C1CC1)N1CCC(c2cnn(C)c2)C1.I. The second-order valence-electron chi connectivity index (χ2n) is 7.05. The fraction of sp³-hybridized carbons (Fsp3) is 0.765. The second-order valence-corrected chi connectivity index (χ2v) is 7.05. The molecule has 0 bridgehead atoms. The lowest BCUT2D eigenvalue weighted by Crippen LogP contribution is -2.46. The van der Waals surface area contributed by atoms with Crippen molar-refractivity contribution in [3.63, 3.8) is 0 Å². The predicted octanol–water partition coefficient (Wildman–Crippen LogP) is 1.89. The molecule has 0 amide bonds. The molecule has 136 valence electrons. The molecule has 2 aliphatic rings. The molecule has 2 heterocycles. The van der Waals surface area contributed by atoms with Crippen LogP contribution in [0.15, 0.2) is 17.4 Å². The predicted molar refractivity (Wildman–Crippen MR) is 109 cm³/mol. The minimum Gasteiger partial charge on any atom is -0.355 e. The van der Waals surface area contributed by atoms with Gasteiger partial charge in [0.25, 0.3) is 0 Å². The van der Waals surface area contributed by atoms with E-state index in [1.165, 1.54) is 24.8 Å².